The van der Waals surface area contributed by atoms with Crippen LogP contribution in [-0.4, -0.2) is 13.0 Å². The third-order valence-corrected chi connectivity index (χ3v) is 7.33. The minimum Gasteiger partial charge on any atom is -0.739 e. The summed E-state index contributed by atoms with van der Waals surface area (Å²) in [5.74, 6) is 0.223. The van der Waals surface area contributed by atoms with Gasteiger partial charge in [-0.25, -0.2) is 8.42 Å². The Morgan fingerprint density at radius 3 is 1.71 bits per heavy atom. The summed E-state index contributed by atoms with van der Waals surface area (Å²) in [6.45, 7) is 2.27. The first kappa shape index (κ1) is 31.2. The molecule has 0 aliphatic rings. The van der Waals surface area contributed by atoms with E-state index in [-0.39, 0.29) is 35.3 Å². The molecule has 0 heterocycles. The predicted molar refractivity (Wildman–Crippen MR) is 131 cm³/mol. The number of allylic oxidation sites excluding steroid dienone is 2. The number of hydrogen-bond acceptors (Lipinski definition) is 4. The van der Waals surface area contributed by atoms with Gasteiger partial charge in [0.1, 0.15) is 9.15 Å². The Balaban J connectivity index is 0.00000900. The van der Waals surface area contributed by atoms with Crippen molar-refractivity contribution >= 4 is 19.9 Å². The molecule has 172 valence electrons. The van der Waals surface area contributed by atoms with Gasteiger partial charge in [0.05, 0.1) is 0 Å². The maximum absolute atomic E-state index is 10.7. The van der Waals surface area contributed by atoms with Gasteiger partial charge in [-0.15, -0.1) is 0 Å². The zero-order valence-electron chi connectivity index (χ0n) is 19.8. The van der Waals surface area contributed by atoms with E-state index in [1.807, 2.05) is 24.3 Å². The molecule has 0 N–H and O–H groups in total. The maximum atomic E-state index is 10.7. The monoisotopic (exact) mass is 476 g/mol. The van der Waals surface area contributed by atoms with E-state index in [0.29, 0.717) is 10.8 Å². The van der Waals surface area contributed by atoms with Crippen molar-refractivity contribution in [3.05, 3.63) is 47.5 Å². The molecular weight excluding hydrogens is 435 g/mol. The van der Waals surface area contributed by atoms with Crippen molar-refractivity contribution < 1.29 is 42.5 Å². The van der Waals surface area contributed by atoms with Crippen LogP contribution in [0.25, 0.3) is 0 Å². The molecule has 0 bridgehead atoms. The van der Waals surface area contributed by atoms with E-state index < -0.39 is 9.15 Å². The van der Waals surface area contributed by atoms with Crippen molar-refractivity contribution in [2.24, 2.45) is 0 Å². The Hall–Kier alpha value is 0.220. The van der Waals surface area contributed by atoms with Gasteiger partial charge in [0.15, 0.2) is 0 Å². The molecule has 0 unspecified atom stereocenters. The number of aryl methyl sites for hydroxylation is 1. The van der Waals surface area contributed by atoms with Gasteiger partial charge in [-0.2, -0.15) is 0 Å². The van der Waals surface area contributed by atoms with E-state index in [1.54, 1.807) is 0 Å². The Labute approximate surface area is 217 Å². The van der Waals surface area contributed by atoms with E-state index in [1.165, 1.54) is 95.5 Å². The molecule has 0 aliphatic carbocycles. The van der Waals surface area contributed by atoms with Gasteiger partial charge in [0, 0.05) is 5.75 Å². The van der Waals surface area contributed by atoms with Crippen LogP contribution >= 0.6 is 10.8 Å². The van der Waals surface area contributed by atoms with Crippen LogP contribution in [0.3, 0.4) is 0 Å². The second-order valence-corrected chi connectivity index (χ2v) is 11.4. The Morgan fingerprint density at radius 2 is 1.19 bits per heavy atom. The fourth-order valence-corrected chi connectivity index (χ4v) is 4.83. The standard InChI is InChI=1S/C25H42O3S2.Na/c1-2-3-4-5-6-7-8-9-10-11-12-13-14-15-16-17-18-24-19-21-25(22-20-24)23-29-30(26,27)28;/h9-10,19-22H,2-8,11-18,23H2,1H3,(H,26,27,28);/q;+1/p-1/b10-9-;. The van der Waals surface area contributed by atoms with E-state index in [2.05, 4.69) is 19.1 Å². The van der Waals surface area contributed by atoms with Crippen molar-refractivity contribution in [1.29, 1.82) is 0 Å². The van der Waals surface area contributed by atoms with Gasteiger partial charge in [0.2, 0.25) is 0 Å². The van der Waals surface area contributed by atoms with Gasteiger partial charge < -0.3 is 4.55 Å². The molecule has 0 amide bonds. The average molecular weight is 477 g/mol. The van der Waals surface area contributed by atoms with Crippen molar-refractivity contribution in [1.82, 2.24) is 0 Å². The number of hydrogen-bond donors (Lipinski definition) is 0. The molecule has 1 aromatic rings. The zero-order valence-corrected chi connectivity index (χ0v) is 23.5. The van der Waals surface area contributed by atoms with Crippen LogP contribution < -0.4 is 29.6 Å². The second-order valence-electron chi connectivity index (χ2n) is 8.17. The number of rotatable bonds is 19. The largest absolute Gasteiger partial charge is 1.00 e. The summed E-state index contributed by atoms with van der Waals surface area (Å²) < 4.78 is 32.0. The summed E-state index contributed by atoms with van der Waals surface area (Å²) in [5, 5.41) is 0. The molecule has 0 aromatic heterocycles. The van der Waals surface area contributed by atoms with Crippen LogP contribution in [0.15, 0.2) is 36.4 Å². The molecule has 3 nitrogen and oxygen atoms in total. The van der Waals surface area contributed by atoms with E-state index in [9.17, 15) is 13.0 Å². The minimum atomic E-state index is -4.21. The van der Waals surface area contributed by atoms with Crippen molar-refractivity contribution in [2.75, 3.05) is 0 Å². The smallest absolute Gasteiger partial charge is 0.739 e. The third-order valence-electron chi connectivity index (χ3n) is 5.37. The van der Waals surface area contributed by atoms with Gasteiger partial charge in [-0.3, -0.25) is 0 Å². The molecule has 0 fully saturated rings. The van der Waals surface area contributed by atoms with Gasteiger partial charge in [-0.05, 0) is 60.4 Å². The fraction of sp³-hybridized carbons (Fsp3) is 0.680. The van der Waals surface area contributed by atoms with Gasteiger partial charge >= 0.3 is 29.6 Å². The Morgan fingerprint density at radius 1 is 0.742 bits per heavy atom. The van der Waals surface area contributed by atoms with Crippen LogP contribution in [0.5, 0.6) is 0 Å². The first-order chi connectivity index (χ1) is 14.5. The van der Waals surface area contributed by atoms with Gasteiger partial charge in [-0.1, -0.05) is 101 Å². The molecule has 6 heteroatoms. The molecular formula is C25H41NaO3S2. The van der Waals surface area contributed by atoms with Crippen LogP contribution in [0.1, 0.15) is 108 Å². The normalized spacial score (nSPS) is 11.7. The average Bonchev–Trinajstić information content (AvgIpc) is 2.72. The predicted octanol–water partition coefficient (Wildman–Crippen LogP) is 4.96. The van der Waals surface area contributed by atoms with Crippen LogP contribution in [0, 0.1) is 0 Å². The van der Waals surface area contributed by atoms with Crippen LogP contribution in [0.4, 0.5) is 0 Å². The maximum Gasteiger partial charge on any atom is 1.00 e. The van der Waals surface area contributed by atoms with E-state index >= 15 is 0 Å². The molecule has 31 heavy (non-hydrogen) atoms. The summed E-state index contributed by atoms with van der Waals surface area (Å²) in [7, 11) is -3.76. The number of benzene rings is 1. The SMILES string of the molecule is CCCCCCCC/C=C\CCCCCCCCc1ccc(CSS(=O)(=O)[O-])cc1.[Na+]. The topological polar surface area (TPSA) is 57.2 Å². The summed E-state index contributed by atoms with van der Waals surface area (Å²) in [6.07, 6.45) is 24.3. The summed E-state index contributed by atoms with van der Waals surface area (Å²) >= 11 is 0. The van der Waals surface area contributed by atoms with Crippen LogP contribution in [0.2, 0.25) is 0 Å². The minimum absolute atomic E-state index is 0. The van der Waals surface area contributed by atoms with E-state index in [0.717, 1.165) is 12.0 Å². The molecule has 0 aliphatic heterocycles. The molecule has 1 rings (SSSR count). The zero-order chi connectivity index (χ0) is 21.9. The molecule has 0 saturated carbocycles. The molecule has 0 radical (unpaired) electrons. The Kier molecular flexibility index (Phi) is 20.9. The molecule has 1 aromatic carbocycles. The fourth-order valence-electron chi connectivity index (χ4n) is 3.52. The summed E-state index contributed by atoms with van der Waals surface area (Å²) in [6, 6.07) is 7.94. The Bertz CT molecular complexity index is 658. The van der Waals surface area contributed by atoms with Crippen molar-refractivity contribution in [3.8, 4) is 0 Å². The molecule has 0 saturated heterocycles. The van der Waals surface area contributed by atoms with Crippen LogP contribution in [-0.2, 0) is 21.3 Å². The third kappa shape index (κ3) is 20.6. The van der Waals surface area contributed by atoms with Gasteiger partial charge in [0.25, 0.3) is 0 Å². The second kappa shape index (κ2) is 20.8. The summed E-state index contributed by atoms with van der Waals surface area (Å²) in [4.78, 5) is 0. The molecule has 0 atom stereocenters. The van der Waals surface area contributed by atoms with E-state index in [4.69, 9.17) is 0 Å². The van der Waals surface area contributed by atoms with Crippen molar-refractivity contribution in [2.45, 2.75) is 109 Å². The first-order valence-corrected chi connectivity index (χ1v) is 14.8. The first-order valence-electron chi connectivity index (χ1n) is 11.8. The summed E-state index contributed by atoms with van der Waals surface area (Å²) in [5.41, 5.74) is 2.16. The quantitative estimate of drug-likeness (QED) is 0.0931. The van der Waals surface area contributed by atoms with Crippen molar-refractivity contribution in [3.63, 3.8) is 0 Å². The molecule has 0 spiro atoms. The number of unbranched alkanes of at least 4 members (excludes halogenated alkanes) is 12.